The molecule has 5 rings (SSSR count). The van der Waals surface area contributed by atoms with Crippen molar-refractivity contribution in [3.05, 3.63) is 71.4 Å². The number of halogens is 1. The van der Waals surface area contributed by atoms with Crippen LogP contribution in [-0.2, 0) is 17.8 Å². The van der Waals surface area contributed by atoms with E-state index >= 15 is 0 Å². The van der Waals surface area contributed by atoms with Crippen molar-refractivity contribution in [3.63, 3.8) is 0 Å². The number of benzene rings is 1. The second-order valence-corrected chi connectivity index (χ2v) is 7.88. The third-order valence-corrected chi connectivity index (χ3v) is 5.69. The molecule has 4 aromatic rings. The van der Waals surface area contributed by atoms with Crippen LogP contribution in [0.1, 0.15) is 30.8 Å². The zero-order valence-corrected chi connectivity index (χ0v) is 17.6. The number of anilines is 1. The first-order valence-corrected chi connectivity index (χ1v) is 10.7. The number of carbonyl (C=O) groups excluding carboxylic acids is 1. The summed E-state index contributed by atoms with van der Waals surface area (Å²) in [5, 5.41) is 12.0. The highest BCUT2D eigenvalue weighted by molar-refractivity contribution is 6.31. The highest BCUT2D eigenvalue weighted by atomic mass is 35.5. The Bertz CT molecular complexity index is 1290. The minimum absolute atomic E-state index is 0.251. The lowest BCUT2D eigenvalue weighted by Gasteiger charge is -2.09. The summed E-state index contributed by atoms with van der Waals surface area (Å²) >= 11 is 6.23. The lowest BCUT2D eigenvalue weighted by Crippen LogP contribution is -2.08. The molecule has 0 fully saturated rings. The molecule has 31 heavy (non-hydrogen) atoms. The van der Waals surface area contributed by atoms with E-state index < -0.39 is 0 Å². The number of aromatic nitrogens is 5. The van der Waals surface area contributed by atoms with Crippen LogP contribution in [0.3, 0.4) is 0 Å². The van der Waals surface area contributed by atoms with Crippen LogP contribution < -0.4 is 5.32 Å². The van der Waals surface area contributed by atoms with Crippen molar-refractivity contribution in [2.75, 3.05) is 5.32 Å². The van der Waals surface area contributed by atoms with Crippen molar-refractivity contribution >= 4 is 34.9 Å². The summed E-state index contributed by atoms with van der Waals surface area (Å²) in [5.41, 5.74) is 3.02. The van der Waals surface area contributed by atoms with Gasteiger partial charge in [-0.15, -0.1) is 10.2 Å². The third kappa shape index (κ3) is 3.96. The number of hydrogen-bond donors (Lipinski definition) is 1. The molecule has 8 heteroatoms. The van der Waals surface area contributed by atoms with Crippen LogP contribution in [0.25, 0.3) is 23.1 Å². The van der Waals surface area contributed by atoms with Crippen molar-refractivity contribution in [2.24, 2.45) is 0 Å². The van der Waals surface area contributed by atoms with Gasteiger partial charge in [-0.1, -0.05) is 36.2 Å². The van der Waals surface area contributed by atoms with Crippen molar-refractivity contribution in [1.82, 2.24) is 24.1 Å². The molecule has 1 aliphatic rings. The summed E-state index contributed by atoms with van der Waals surface area (Å²) in [5.74, 6) is 1.63. The van der Waals surface area contributed by atoms with E-state index in [4.69, 9.17) is 11.6 Å². The monoisotopic (exact) mass is 432 g/mol. The lowest BCUT2D eigenvalue weighted by molar-refractivity contribution is -0.111. The number of carbonyl (C=O) groups is 1. The van der Waals surface area contributed by atoms with Gasteiger partial charge in [0.15, 0.2) is 11.0 Å². The first kappa shape index (κ1) is 19.5. The molecule has 0 aliphatic carbocycles. The standard InChI is InChI=1S/C23H21ClN6O/c24-22-18(29-13-5-3-9-19(29)26-22)11-12-21(31)25-17-8-6-7-16(15-17)23-28-27-20-10-2-1-4-14-30(20)23/h3,5-9,11-13,15H,1-2,4,10,14H2,(H,25,31)/b12-11+. The van der Waals surface area contributed by atoms with Crippen LogP contribution in [0, 0.1) is 0 Å². The zero-order valence-electron chi connectivity index (χ0n) is 16.8. The Balaban J connectivity index is 1.35. The fourth-order valence-corrected chi connectivity index (χ4v) is 4.15. The van der Waals surface area contributed by atoms with E-state index in [1.807, 2.05) is 53.1 Å². The molecule has 0 spiro atoms. The predicted octanol–water partition coefficient (Wildman–Crippen LogP) is 4.62. The number of nitrogens with zero attached hydrogens (tertiary/aromatic N) is 5. The highest BCUT2D eigenvalue weighted by Gasteiger charge is 2.16. The minimum Gasteiger partial charge on any atom is -0.322 e. The fourth-order valence-electron chi connectivity index (χ4n) is 3.91. The van der Waals surface area contributed by atoms with Gasteiger partial charge in [0, 0.05) is 36.5 Å². The Hall–Kier alpha value is -3.45. The first-order valence-electron chi connectivity index (χ1n) is 10.3. The summed E-state index contributed by atoms with van der Waals surface area (Å²) in [6, 6.07) is 13.3. The van der Waals surface area contributed by atoms with Crippen LogP contribution in [0.15, 0.2) is 54.7 Å². The molecule has 1 aromatic carbocycles. The molecule has 0 saturated heterocycles. The predicted molar refractivity (Wildman–Crippen MR) is 121 cm³/mol. The van der Waals surface area contributed by atoms with Crippen LogP contribution in [-0.4, -0.2) is 30.1 Å². The summed E-state index contributed by atoms with van der Waals surface area (Å²) in [4.78, 5) is 16.8. The maximum atomic E-state index is 12.5. The second kappa shape index (κ2) is 8.35. The number of fused-ring (bicyclic) bond motifs is 2. The topological polar surface area (TPSA) is 77.1 Å². The van der Waals surface area contributed by atoms with E-state index in [0.717, 1.165) is 48.7 Å². The molecule has 4 heterocycles. The van der Waals surface area contributed by atoms with Crippen molar-refractivity contribution < 1.29 is 4.79 Å². The molecule has 0 radical (unpaired) electrons. The van der Waals surface area contributed by atoms with E-state index in [2.05, 4.69) is 25.1 Å². The molecule has 0 saturated carbocycles. The Morgan fingerprint density at radius 2 is 2.03 bits per heavy atom. The number of aryl methyl sites for hydroxylation is 1. The number of amides is 1. The van der Waals surface area contributed by atoms with Crippen molar-refractivity contribution in [1.29, 1.82) is 0 Å². The van der Waals surface area contributed by atoms with E-state index in [9.17, 15) is 4.79 Å². The Kier molecular flexibility index (Phi) is 5.26. The normalized spacial score (nSPS) is 14.0. The van der Waals surface area contributed by atoms with Gasteiger partial charge in [0.05, 0.1) is 5.69 Å². The Morgan fingerprint density at radius 1 is 1.10 bits per heavy atom. The van der Waals surface area contributed by atoms with E-state index in [1.54, 1.807) is 6.08 Å². The van der Waals surface area contributed by atoms with Gasteiger partial charge in [0.25, 0.3) is 0 Å². The first-order chi connectivity index (χ1) is 15.2. The van der Waals surface area contributed by atoms with Crippen LogP contribution >= 0.6 is 11.6 Å². The Labute approximate surface area is 184 Å². The zero-order chi connectivity index (χ0) is 21.2. The van der Waals surface area contributed by atoms with Crippen LogP contribution in [0.5, 0.6) is 0 Å². The van der Waals surface area contributed by atoms with Gasteiger partial charge in [-0.25, -0.2) is 4.98 Å². The number of rotatable bonds is 4. The number of nitrogens with one attached hydrogen (secondary N) is 1. The maximum absolute atomic E-state index is 12.5. The fraction of sp³-hybridized carbons (Fsp3) is 0.217. The molecular weight excluding hydrogens is 412 g/mol. The van der Waals surface area contributed by atoms with Gasteiger partial charge in [-0.2, -0.15) is 0 Å². The molecule has 156 valence electrons. The van der Waals surface area contributed by atoms with Gasteiger partial charge in [0.1, 0.15) is 11.5 Å². The molecule has 3 aromatic heterocycles. The van der Waals surface area contributed by atoms with E-state index in [0.29, 0.717) is 16.5 Å². The molecule has 0 bridgehead atoms. The van der Waals surface area contributed by atoms with E-state index in [1.165, 1.54) is 12.5 Å². The van der Waals surface area contributed by atoms with Gasteiger partial charge in [-0.3, -0.25) is 9.20 Å². The second-order valence-electron chi connectivity index (χ2n) is 7.52. The average Bonchev–Trinajstić information content (AvgIpc) is 3.23. The molecule has 1 amide bonds. The SMILES string of the molecule is O=C(/C=C/c1c(Cl)nc2ccccn12)Nc1cccc(-c2nnc3n2CCCCC3)c1. The molecule has 1 N–H and O–H groups in total. The lowest BCUT2D eigenvalue weighted by atomic mass is 10.2. The average molecular weight is 433 g/mol. The van der Waals surface area contributed by atoms with Crippen LogP contribution in [0.4, 0.5) is 5.69 Å². The summed E-state index contributed by atoms with van der Waals surface area (Å²) in [6.45, 7) is 0.928. The quantitative estimate of drug-likeness (QED) is 0.477. The van der Waals surface area contributed by atoms with E-state index in [-0.39, 0.29) is 5.91 Å². The molecule has 0 unspecified atom stereocenters. The van der Waals surface area contributed by atoms with Gasteiger partial charge in [0.2, 0.25) is 5.91 Å². The molecule has 1 aliphatic heterocycles. The molecule has 0 atom stereocenters. The Morgan fingerprint density at radius 3 is 2.97 bits per heavy atom. The van der Waals surface area contributed by atoms with Crippen LogP contribution in [0.2, 0.25) is 5.15 Å². The smallest absolute Gasteiger partial charge is 0.248 e. The molecular formula is C23H21ClN6O. The highest BCUT2D eigenvalue weighted by Crippen LogP contribution is 2.25. The van der Waals surface area contributed by atoms with Gasteiger partial charge in [-0.05, 0) is 43.2 Å². The van der Waals surface area contributed by atoms with Gasteiger partial charge < -0.3 is 9.88 Å². The summed E-state index contributed by atoms with van der Waals surface area (Å²) in [7, 11) is 0. The maximum Gasteiger partial charge on any atom is 0.248 e. The summed E-state index contributed by atoms with van der Waals surface area (Å²) < 4.78 is 4.03. The number of hydrogen-bond acceptors (Lipinski definition) is 4. The molecule has 7 nitrogen and oxygen atoms in total. The number of pyridine rings is 1. The van der Waals surface area contributed by atoms with Crippen molar-refractivity contribution in [2.45, 2.75) is 32.2 Å². The summed E-state index contributed by atoms with van der Waals surface area (Å²) in [6.07, 6.45) is 9.43. The van der Waals surface area contributed by atoms with Crippen molar-refractivity contribution in [3.8, 4) is 11.4 Å². The van der Waals surface area contributed by atoms with Gasteiger partial charge >= 0.3 is 0 Å². The number of imidazole rings is 1. The third-order valence-electron chi connectivity index (χ3n) is 5.41. The minimum atomic E-state index is -0.251. The largest absolute Gasteiger partial charge is 0.322 e.